The van der Waals surface area contributed by atoms with Gasteiger partial charge in [0.25, 0.3) is 5.91 Å². The summed E-state index contributed by atoms with van der Waals surface area (Å²) in [7, 11) is 1.59. The number of amides is 1. The van der Waals surface area contributed by atoms with Crippen LogP contribution < -0.4 is 15.5 Å². The molecule has 2 heterocycles. The summed E-state index contributed by atoms with van der Waals surface area (Å²) in [5.41, 5.74) is 2.48. The third-order valence-electron chi connectivity index (χ3n) is 4.78. The van der Waals surface area contributed by atoms with Crippen LogP contribution >= 0.6 is 0 Å². The molecule has 1 amide bonds. The average Bonchev–Trinajstić information content (AvgIpc) is 2.70. The first-order valence-electron chi connectivity index (χ1n) is 9.38. The Balaban J connectivity index is 1.55. The standard InChI is InChI=1S/C20H27N5O2/c1-15-9-12-25(13-10-15)17-5-3-16(4-6-17)22-19-8-7-18(23-24-19)20(26)21-11-14-27-2/h3-8,15H,9-14H2,1-2H3,(H,21,26)(H,22,24). The number of carbonyl (C=O) groups excluding carboxylic acids is 1. The van der Waals surface area contributed by atoms with E-state index < -0.39 is 0 Å². The molecule has 1 aromatic heterocycles. The fourth-order valence-corrected chi connectivity index (χ4v) is 3.05. The number of benzene rings is 1. The minimum absolute atomic E-state index is 0.258. The summed E-state index contributed by atoms with van der Waals surface area (Å²) in [5, 5.41) is 14.0. The Labute approximate surface area is 160 Å². The Kier molecular flexibility index (Phi) is 6.59. The lowest BCUT2D eigenvalue weighted by Gasteiger charge is -2.32. The second-order valence-corrected chi connectivity index (χ2v) is 6.89. The van der Waals surface area contributed by atoms with Crippen LogP contribution in [0.5, 0.6) is 0 Å². The highest BCUT2D eigenvalue weighted by molar-refractivity contribution is 5.92. The normalized spacial score (nSPS) is 14.8. The van der Waals surface area contributed by atoms with Crippen LogP contribution in [0.15, 0.2) is 36.4 Å². The summed E-state index contributed by atoms with van der Waals surface area (Å²) in [5.74, 6) is 1.17. The molecule has 1 aliphatic heterocycles. The number of ether oxygens (including phenoxy) is 1. The van der Waals surface area contributed by atoms with Crippen molar-refractivity contribution >= 4 is 23.1 Å². The number of carbonyl (C=O) groups is 1. The number of hydrogen-bond donors (Lipinski definition) is 2. The third kappa shape index (κ3) is 5.40. The number of hydrogen-bond acceptors (Lipinski definition) is 6. The molecule has 1 fully saturated rings. The molecule has 7 heteroatoms. The van der Waals surface area contributed by atoms with Gasteiger partial charge in [-0.2, -0.15) is 0 Å². The second kappa shape index (κ2) is 9.32. The summed E-state index contributed by atoms with van der Waals surface area (Å²) in [6.07, 6.45) is 2.50. The number of aromatic nitrogens is 2. The van der Waals surface area contributed by atoms with Gasteiger partial charge >= 0.3 is 0 Å². The van der Waals surface area contributed by atoms with E-state index in [1.54, 1.807) is 19.2 Å². The zero-order valence-corrected chi connectivity index (χ0v) is 15.9. The SMILES string of the molecule is COCCNC(=O)c1ccc(Nc2ccc(N3CCC(C)CC3)cc2)nn1. The van der Waals surface area contributed by atoms with Gasteiger partial charge in [0.15, 0.2) is 11.5 Å². The number of methoxy groups -OCH3 is 1. The fourth-order valence-electron chi connectivity index (χ4n) is 3.05. The van der Waals surface area contributed by atoms with Crippen LogP contribution in [0.25, 0.3) is 0 Å². The molecule has 3 rings (SSSR count). The third-order valence-corrected chi connectivity index (χ3v) is 4.78. The smallest absolute Gasteiger partial charge is 0.271 e. The molecule has 0 spiro atoms. The Hall–Kier alpha value is -2.67. The first-order chi connectivity index (χ1) is 13.2. The number of rotatable bonds is 7. The van der Waals surface area contributed by atoms with E-state index in [1.165, 1.54) is 18.5 Å². The van der Waals surface area contributed by atoms with Crippen molar-refractivity contribution in [2.24, 2.45) is 5.92 Å². The van der Waals surface area contributed by atoms with Crippen LogP contribution in [0.1, 0.15) is 30.3 Å². The van der Waals surface area contributed by atoms with Crippen LogP contribution in [0, 0.1) is 5.92 Å². The van der Waals surface area contributed by atoms with Crippen LogP contribution in [-0.2, 0) is 4.74 Å². The molecule has 0 saturated carbocycles. The zero-order chi connectivity index (χ0) is 19.1. The van der Waals surface area contributed by atoms with Crippen LogP contribution in [0.2, 0.25) is 0 Å². The maximum absolute atomic E-state index is 11.9. The summed E-state index contributed by atoms with van der Waals surface area (Å²) in [6, 6.07) is 11.7. The molecular formula is C20H27N5O2. The molecule has 27 heavy (non-hydrogen) atoms. The Morgan fingerprint density at radius 1 is 1.15 bits per heavy atom. The predicted octanol–water partition coefficient (Wildman–Crippen LogP) is 2.83. The quantitative estimate of drug-likeness (QED) is 0.731. The van der Waals surface area contributed by atoms with Crippen LogP contribution in [-0.4, -0.2) is 49.5 Å². The lowest BCUT2D eigenvalue weighted by atomic mass is 9.99. The highest BCUT2D eigenvalue weighted by Crippen LogP contribution is 2.25. The van der Waals surface area contributed by atoms with Crippen molar-refractivity contribution < 1.29 is 9.53 Å². The van der Waals surface area contributed by atoms with Crippen LogP contribution in [0.3, 0.4) is 0 Å². The lowest BCUT2D eigenvalue weighted by Crippen LogP contribution is -2.32. The topological polar surface area (TPSA) is 79.4 Å². The molecule has 0 bridgehead atoms. The van der Waals surface area contributed by atoms with Gasteiger partial charge in [0.2, 0.25) is 0 Å². The van der Waals surface area contributed by atoms with E-state index >= 15 is 0 Å². The second-order valence-electron chi connectivity index (χ2n) is 6.89. The van der Waals surface area contributed by atoms with Gasteiger partial charge in [0, 0.05) is 38.1 Å². The zero-order valence-electron chi connectivity index (χ0n) is 15.9. The van der Waals surface area contributed by atoms with E-state index in [0.29, 0.717) is 19.0 Å². The molecule has 144 valence electrons. The molecule has 2 aromatic rings. The van der Waals surface area contributed by atoms with Gasteiger partial charge in [-0.05, 0) is 55.2 Å². The maximum Gasteiger partial charge on any atom is 0.271 e. The highest BCUT2D eigenvalue weighted by atomic mass is 16.5. The van der Waals surface area contributed by atoms with E-state index in [4.69, 9.17) is 4.74 Å². The predicted molar refractivity (Wildman–Crippen MR) is 107 cm³/mol. The van der Waals surface area contributed by atoms with E-state index in [0.717, 1.165) is 24.7 Å². The van der Waals surface area contributed by atoms with Gasteiger partial charge in [0.05, 0.1) is 6.61 Å². The molecule has 0 radical (unpaired) electrons. The molecular weight excluding hydrogens is 342 g/mol. The molecule has 1 aliphatic rings. The van der Waals surface area contributed by atoms with Gasteiger partial charge in [-0.1, -0.05) is 6.92 Å². The van der Waals surface area contributed by atoms with Gasteiger partial charge < -0.3 is 20.3 Å². The number of nitrogens with one attached hydrogen (secondary N) is 2. The molecule has 0 aliphatic carbocycles. The van der Waals surface area contributed by atoms with Crippen molar-refractivity contribution in [3.05, 3.63) is 42.1 Å². The molecule has 1 aromatic carbocycles. The molecule has 1 saturated heterocycles. The molecule has 2 N–H and O–H groups in total. The first kappa shape index (κ1) is 19.1. The highest BCUT2D eigenvalue weighted by Gasteiger charge is 2.15. The van der Waals surface area contributed by atoms with Crippen molar-refractivity contribution in [3.8, 4) is 0 Å². The van der Waals surface area contributed by atoms with Crippen LogP contribution in [0.4, 0.5) is 17.2 Å². The van der Waals surface area contributed by atoms with Gasteiger partial charge in [0.1, 0.15) is 0 Å². The van der Waals surface area contributed by atoms with E-state index in [9.17, 15) is 4.79 Å². The Bertz CT molecular complexity index is 725. The minimum atomic E-state index is -0.258. The summed E-state index contributed by atoms with van der Waals surface area (Å²) in [4.78, 5) is 14.3. The van der Waals surface area contributed by atoms with Crippen molar-refractivity contribution in [1.29, 1.82) is 0 Å². The summed E-state index contributed by atoms with van der Waals surface area (Å²) >= 11 is 0. The Morgan fingerprint density at radius 2 is 1.89 bits per heavy atom. The van der Waals surface area contributed by atoms with E-state index in [1.807, 2.05) is 12.1 Å². The lowest BCUT2D eigenvalue weighted by molar-refractivity contribution is 0.0931. The van der Waals surface area contributed by atoms with Gasteiger partial charge in [-0.25, -0.2) is 0 Å². The van der Waals surface area contributed by atoms with Crippen molar-refractivity contribution in [2.75, 3.05) is 43.6 Å². The summed E-state index contributed by atoms with van der Waals surface area (Å²) in [6.45, 7) is 5.46. The molecule has 0 unspecified atom stereocenters. The van der Waals surface area contributed by atoms with Crippen molar-refractivity contribution in [2.45, 2.75) is 19.8 Å². The van der Waals surface area contributed by atoms with E-state index in [-0.39, 0.29) is 11.6 Å². The number of anilines is 3. The summed E-state index contributed by atoms with van der Waals surface area (Å²) < 4.78 is 4.90. The molecule has 7 nitrogen and oxygen atoms in total. The van der Waals surface area contributed by atoms with Gasteiger partial charge in [-0.15, -0.1) is 10.2 Å². The average molecular weight is 369 g/mol. The van der Waals surface area contributed by atoms with Gasteiger partial charge in [-0.3, -0.25) is 4.79 Å². The maximum atomic E-state index is 11.9. The minimum Gasteiger partial charge on any atom is -0.383 e. The van der Waals surface area contributed by atoms with Crippen molar-refractivity contribution in [3.63, 3.8) is 0 Å². The van der Waals surface area contributed by atoms with E-state index in [2.05, 4.69) is 44.8 Å². The fraction of sp³-hybridized carbons (Fsp3) is 0.450. The first-order valence-corrected chi connectivity index (χ1v) is 9.38. The Morgan fingerprint density at radius 3 is 2.52 bits per heavy atom. The number of nitrogens with zero attached hydrogens (tertiary/aromatic N) is 3. The molecule has 0 atom stereocenters. The largest absolute Gasteiger partial charge is 0.383 e. The van der Waals surface area contributed by atoms with Crippen molar-refractivity contribution in [1.82, 2.24) is 15.5 Å². The monoisotopic (exact) mass is 369 g/mol. The number of piperidine rings is 1.